The highest BCUT2D eigenvalue weighted by molar-refractivity contribution is 5.95. The Morgan fingerprint density at radius 1 is 1.28 bits per heavy atom. The lowest BCUT2D eigenvalue weighted by Gasteiger charge is -2.28. The Balaban J connectivity index is 3.24. The SMILES string of the molecule is Cc1nnc(N(C)CC(C)(C)C)c(C(=O)O)c1C. The van der Waals surface area contributed by atoms with E-state index < -0.39 is 5.97 Å². The lowest BCUT2D eigenvalue weighted by molar-refractivity contribution is 0.0696. The summed E-state index contributed by atoms with van der Waals surface area (Å²) in [6.07, 6.45) is 0. The van der Waals surface area contributed by atoms with E-state index in [1.807, 2.05) is 11.9 Å². The van der Waals surface area contributed by atoms with Gasteiger partial charge in [-0.15, -0.1) is 5.10 Å². The molecule has 1 rings (SSSR count). The van der Waals surface area contributed by atoms with Crippen LogP contribution < -0.4 is 4.90 Å². The summed E-state index contributed by atoms with van der Waals surface area (Å²) in [5.74, 6) is -0.526. The van der Waals surface area contributed by atoms with Gasteiger partial charge < -0.3 is 10.0 Å². The highest BCUT2D eigenvalue weighted by atomic mass is 16.4. The maximum absolute atomic E-state index is 11.4. The molecular weight excluding hydrogens is 230 g/mol. The zero-order valence-electron chi connectivity index (χ0n) is 11.9. The monoisotopic (exact) mass is 251 g/mol. The lowest BCUT2D eigenvalue weighted by atomic mass is 9.96. The molecular formula is C13H21N3O2. The molecule has 0 bridgehead atoms. The van der Waals surface area contributed by atoms with Crippen molar-refractivity contribution in [2.75, 3.05) is 18.5 Å². The third-order valence-corrected chi connectivity index (χ3v) is 2.72. The van der Waals surface area contributed by atoms with Crippen LogP contribution in [0.1, 0.15) is 42.4 Å². The quantitative estimate of drug-likeness (QED) is 0.892. The number of aromatic nitrogens is 2. The van der Waals surface area contributed by atoms with E-state index in [0.29, 0.717) is 23.6 Å². The first-order valence-corrected chi connectivity index (χ1v) is 5.92. The molecule has 1 aromatic heterocycles. The van der Waals surface area contributed by atoms with Crippen molar-refractivity contribution in [1.29, 1.82) is 0 Å². The average molecular weight is 251 g/mol. The van der Waals surface area contributed by atoms with Crippen LogP contribution >= 0.6 is 0 Å². The third kappa shape index (κ3) is 3.18. The van der Waals surface area contributed by atoms with Crippen molar-refractivity contribution in [2.45, 2.75) is 34.6 Å². The predicted molar refractivity (Wildman–Crippen MR) is 71.2 cm³/mol. The van der Waals surface area contributed by atoms with Crippen LogP contribution in [0.15, 0.2) is 0 Å². The average Bonchev–Trinajstić information content (AvgIpc) is 2.18. The minimum Gasteiger partial charge on any atom is -0.478 e. The van der Waals surface area contributed by atoms with Gasteiger partial charge in [0.1, 0.15) is 5.56 Å². The molecule has 5 nitrogen and oxygen atoms in total. The van der Waals surface area contributed by atoms with Gasteiger partial charge in [0.25, 0.3) is 0 Å². The molecule has 100 valence electrons. The van der Waals surface area contributed by atoms with Crippen LogP contribution in [0.4, 0.5) is 5.82 Å². The van der Waals surface area contributed by atoms with Crippen molar-refractivity contribution in [3.63, 3.8) is 0 Å². The molecule has 5 heteroatoms. The Kier molecular flexibility index (Phi) is 3.94. The van der Waals surface area contributed by atoms with E-state index in [0.717, 1.165) is 0 Å². The minimum absolute atomic E-state index is 0.0605. The lowest BCUT2D eigenvalue weighted by Crippen LogP contribution is -2.31. The molecule has 0 aromatic carbocycles. The number of carboxylic acid groups (broad SMARTS) is 1. The first-order chi connectivity index (χ1) is 8.13. The summed E-state index contributed by atoms with van der Waals surface area (Å²) >= 11 is 0. The molecule has 0 spiro atoms. The molecule has 0 atom stereocenters. The molecule has 1 heterocycles. The molecule has 0 aliphatic heterocycles. The van der Waals surface area contributed by atoms with Crippen molar-refractivity contribution in [3.8, 4) is 0 Å². The number of hydrogen-bond acceptors (Lipinski definition) is 4. The molecule has 0 aliphatic rings. The Morgan fingerprint density at radius 2 is 1.83 bits per heavy atom. The molecule has 0 unspecified atom stereocenters. The van der Waals surface area contributed by atoms with Crippen LogP contribution in [0.3, 0.4) is 0 Å². The van der Waals surface area contributed by atoms with Crippen molar-refractivity contribution < 1.29 is 9.90 Å². The summed E-state index contributed by atoms with van der Waals surface area (Å²) in [5.41, 5.74) is 1.63. The van der Waals surface area contributed by atoms with E-state index in [-0.39, 0.29) is 11.0 Å². The van der Waals surface area contributed by atoms with Crippen LogP contribution in [-0.4, -0.2) is 34.9 Å². The van der Waals surface area contributed by atoms with Gasteiger partial charge in [-0.3, -0.25) is 0 Å². The Bertz CT molecular complexity index is 464. The van der Waals surface area contributed by atoms with Gasteiger partial charge in [0.05, 0.1) is 5.69 Å². The summed E-state index contributed by atoms with van der Waals surface area (Å²) < 4.78 is 0. The molecule has 1 aromatic rings. The van der Waals surface area contributed by atoms with Crippen LogP contribution in [0, 0.1) is 19.3 Å². The second kappa shape index (κ2) is 4.92. The van der Waals surface area contributed by atoms with Gasteiger partial charge in [-0.05, 0) is 24.8 Å². The molecule has 1 N–H and O–H groups in total. The van der Waals surface area contributed by atoms with Gasteiger partial charge >= 0.3 is 5.97 Å². The van der Waals surface area contributed by atoms with E-state index in [9.17, 15) is 9.90 Å². The van der Waals surface area contributed by atoms with E-state index in [4.69, 9.17) is 0 Å². The molecule has 18 heavy (non-hydrogen) atoms. The second-order valence-electron chi connectivity index (χ2n) is 5.83. The standard InChI is InChI=1S/C13H21N3O2/c1-8-9(2)14-15-11(10(8)12(17)18)16(6)7-13(3,4)5/h7H2,1-6H3,(H,17,18). The molecule has 0 saturated heterocycles. The molecule has 0 radical (unpaired) electrons. The van der Waals surface area contributed by atoms with Crippen molar-refractivity contribution in [3.05, 3.63) is 16.8 Å². The smallest absolute Gasteiger partial charge is 0.339 e. The second-order valence-corrected chi connectivity index (χ2v) is 5.83. The number of anilines is 1. The fourth-order valence-electron chi connectivity index (χ4n) is 1.91. The maximum Gasteiger partial charge on any atom is 0.339 e. The zero-order chi connectivity index (χ0) is 14.1. The van der Waals surface area contributed by atoms with Gasteiger partial charge in [-0.25, -0.2) is 4.79 Å². The number of aryl methyl sites for hydroxylation is 1. The molecule has 0 aliphatic carbocycles. The topological polar surface area (TPSA) is 66.3 Å². The van der Waals surface area contributed by atoms with Crippen LogP contribution in [-0.2, 0) is 0 Å². The van der Waals surface area contributed by atoms with Crippen molar-refractivity contribution >= 4 is 11.8 Å². The van der Waals surface area contributed by atoms with Crippen molar-refractivity contribution in [1.82, 2.24) is 10.2 Å². The van der Waals surface area contributed by atoms with Gasteiger partial charge in [0, 0.05) is 13.6 Å². The van der Waals surface area contributed by atoms with E-state index in [2.05, 4.69) is 31.0 Å². The zero-order valence-corrected chi connectivity index (χ0v) is 11.9. The van der Waals surface area contributed by atoms with E-state index >= 15 is 0 Å². The fourth-order valence-corrected chi connectivity index (χ4v) is 1.91. The van der Waals surface area contributed by atoms with Gasteiger partial charge in [-0.1, -0.05) is 20.8 Å². The van der Waals surface area contributed by atoms with Crippen LogP contribution in [0.2, 0.25) is 0 Å². The predicted octanol–water partition coefficient (Wildman–Crippen LogP) is 2.27. The summed E-state index contributed by atoms with van der Waals surface area (Å²) in [5, 5.41) is 17.4. The van der Waals surface area contributed by atoms with Crippen LogP contribution in [0.5, 0.6) is 0 Å². The normalized spacial score (nSPS) is 11.4. The fraction of sp³-hybridized carbons (Fsp3) is 0.615. The molecule has 0 fully saturated rings. The summed E-state index contributed by atoms with van der Waals surface area (Å²) in [6.45, 7) is 10.5. The minimum atomic E-state index is -0.957. The largest absolute Gasteiger partial charge is 0.478 e. The number of rotatable bonds is 3. The highest BCUT2D eigenvalue weighted by Crippen LogP contribution is 2.24. The number of nitrogens with zero attached hydrogens (tertiary/aromatic N) is 3. The first kappa shape index (κ1) is 14.4. The first-order valence-electron chi connectivity index (χ1n) is 5.92. The van der Waals surface area contributed by atoms with Crippen molar-refractivity contribution in [2.24, 2.45) is 5.41 Å². The third-order valence-electron chi connectivity index (χ3n) is 2.72. The molecule has 0 saturated carbocycles. The number of carboxylic acids is 1. The number of aromatic carboxylic acids is 1. The summed E-state index contributed by atoms with van der Waals surface area (Å²) in [6, 6.07) is 0. The van der Waals surface area contributed by atoms with E-state index in [1.165, 1.54) is 0 Å². The Hall–Kier alpha value is -1.65. The summed E-state index contributed by atoms with van der Waals surface area (Å²) in [4.78, 5) is 13.2. The number of carbonyl (C=O) groups is 1. The molecule has 0 amide bonds. The maximum atomic E-state index is 11.4. The van der Waals surface area contributed by atoms with Gasteiger partial charge in [-0.2, -0.15) is 5.10 Å². The Morgan fingerprint density at radius 3 is 2.28 bits per heavy atom. The highest BCUT2D eigenvalue weighted by Gasteiger charge is 2.23. The van der Waals surface area contributed by atoms with Gasteiger partial charge in [0.15, 0.2) is 5.82 Å². The summed E-state index contributed by atoms with van der Waals surface area (Å²) in [7, 11) is 1.84. The number of hydrogen-bond donors (Lipinski definition) is 1. The Labute approximate surface area is 108 Å². The van der Waals surface area contributed by atoms with Gasteiger partial charge in [0.2, 0.25) is 0 Å². The van der Waals surface area contributed by atoms with E-state index in [1.54, 1.807) is 13.8 Å². The van der Waals surface area contributed by atoms with Crippen LogP contribution in [0.25, 0.3) is 0 Å².